The highest BCUT2D eigenvalue weighted by Gasteiger charge is 2.25. The maximum atomic E-state index is 12.4. The smallest absolute Gasteiger partial charge is 0.231 e. The molecular formula is C15H23ClN2O. The number of carbonyl (C=O) groups excluding carboxylic acids is 1. The average Bonchev–Trinajstić information content (AvgIpc) is 3.22. The van der Waals surface area contributed by atoms with Crippen LogP contribution in [0.1, 0.15) is 30.7 Å². The Morgan fingerprint density at radius 3 is 2.53 bits per heavy atom. The first-order valence-electron chi connectivity index (χ1n) is 6.72. The summed E-state index contributed by atoms with van der Waals surface area (Å²) in [5.41, 5.74) is 6.78. The number of amides is 1. The Hall–Kier alpha value is -1.06. The molecule has 0 bridgehead atoms. The van der Waals surface area contributed by atoms with Crippen LogP contribution in [0.25, 0.3) is 0 Å². The Morgan fingerprint density at radius 1 is 1.37 bits per heavy atom. The fourth-order valence-electron chi connectivity index (χ4n) is 2.22. The molecule has 1 saturated carbocycles. The Bertz CT molecular complexity index is 392. The van der Waals surface area contributed by atoms with Crippen molar-refractivity contribution >= 4 is 18.3 Å². The van der Waals surface area contributed by atoms with Crippen LogP contribution in [0.5, 0.6) is 0 Å². The second kappa shape index (κ2) is 7.51. The number of carbonyl (C=O) groups is 1. The van der Waals surface area contributed by atoms with Gasteiger partial charge in [-0.3, -0.25) is 4.79 Å². The highest BCUT2D eigenvalue weighted by molar-refractivity contribution is 5.85. The molecule has 1 amide bonds. The monoisotopic (exact) mass is 282 g/mol. The lowest BCUT2D eigenvalue weighted by Crippen LogP contribution is -2.36. The summed E-state index contributed by atoms with van der Waals surface area (Å²) in [5, 5.41) is 0. The van der Waals surface area contributed by atoms with Gasteiger partial charge in [0.25, 0.3) is 0 Å². The number of rotatable bonds is 6. The van der Waals surface area contributed by atoms with Crippen molar-refractivity contribution in [1.29, 1.82) is 0 Å². The van der Waals surface area contributed by atoms with Crippen LogP contribution in [-0.2, 0) is 4.79 Å². The molecule has 4 heteroatoms. The Labute approximate surface area is 121 Å². The molecule has 1 fully saturated rings. The third-order valence-corrected chi connectivity index (χ3v) is 3.68. The van der Waals surface area contributed by atoms with Gasteiger partial charge in [0.1, 0.15) is 0 Å². The van der Waals surface area contributed by atoms with Crippen LogP contribution >= 0.6 is 12.4 Å². The average molecular weight is 283 g/mol. The van der Waals surface area contributed by atoms with Gasteiger partial charge in [0.05, 0.1) is 5.92 Å². The van der Waals surface area contributed by atoms with E-state index in [1.165, 1.54) is 12.8 Å². The third-order valence-electron chi connectivity index (χ3n) is 3.68. The third kappa shape index (κ3) is 4.51. The minimum absolute atomic E-state index is 0. The minimum atomic E-state index is -0.199. The summed E-state index contributed by atoms with van der Waals surface area (Å²) in [5.74, 6) is 0.799. The lowest BCUT2D eigenvalue weighted by atomic mass is 9.98. The number of nitrogens with two attached hydrogens (primary N) is 1. The van der Waals surface area contributed by atoms with E-state index in [4.69, 9.17) is 5.73 Å². The van der Waals surface area contributed by atoms with Crippen molar-refractivity contribution in [3.8, 4) is 0 Å². The van der Waals surface area contributed by atoms with Gasteiger partial charge in [0, 0.05) is 20.1 Å². The van der Waals surface area contributed by atoms with Crippen molar-refractivity contribution in [2.24, 2.45) is 11.7 Å². The first-order chi connectivity index (χ1) is 8.72. The first-order valence-corrected chi connectivity index (χ1v) is 6.72. The molecule has 0 radical (unpaired) electrons. The maximum absolute atomic E-state index is 12.4. The molecule has 1 aromatic carbocycles. The van der Waals surface area contributed by atoms with Gasteiger partial charge in [-0.2, -0.15) is 0 Å². The fourth-order valence-corrected chi connectivity index (χ4v) is 2.22. The number of hydrogen-bond acceptors (Lipinski definition) is 2. The summed E-state index contributed by atoms with van der Waals surface area (Å²) < 4.78 is 0. The van der Waals surface area contributed by atoms with Crippen LogP contribution in [0.4, 0.5) is 0 Å². The summed E-state index contributed by atoms with van der Waals surface area (Å²) in [6.07, 6.45) is 3.80. The van der Waals surface area contributed by atoms with Gasteiger partial charge < -0.3 is 10.6 Å². The molecule has 2 N–H and O–H groups in total. The van der Waals surface area contributed by atoms with E-state index in [1.807, 2.05) is 42.3 Å². The number of benzene rings is 1. The van der Waals surface area contributed by atoms with Crippen molar-refractivity contribution in [3.63, 3.8) is 0 Å². The SMILES string of the molecule is CN(CCC1CC1)C(=O)C(CN)c1ccccc1.Cl. The summed E-state index contributed by atoms with van der Waals surface area (Å²) in [6, 6.07) is 9.82. The van der Waals surface area contributed by atoms with Crippen molar-refractivity contribution in [1.82, 2.24) is 4.90 Å². The number of likely N-dealkylation sites (N-methyl/N-ethyl adjacent to an activating group) is 1. The van der Waals surface area contributed by atoms with Gasteiger partial charge in [0.2, 0.25) is 5.91 Å². The molecule has 2 rings (SSSR count). The topological polar surface area (TPSA) is 46.3 Å². The van der Waals surface area contributed by atoms with E-state index in [0.717, 1.165) is 24.4 Å². The van der Waals surface area contributed by atoms with Gasteiger partial charge in [-0.05, 0) is 17.9 Å². The molecule has 106 valence electrons. The van der Waals surface area contributed by atoms with Crippen molar-refractivity contribution in [3.05, 3.63) is 35.9 Å². The molecule has 3 nitrogen and oxygen atoms in total. The lowest BCUT2D eigenvalue weighted by Gasteiger charge is -2.23. The van der Waals surface area contributed by atoms with Crippen LogP contribution in [-0.4, -0.2) is 30.9 Å². The van der Waals surface area contributed by atoms with Crippen LogP contribution in [0.15, 0.2) is 30.3 Å². The zero-order chi connectivity index (χ0) is 13.0. The molecule has 1 aliphatic carbocycles. The standard InChI is InChI=1S/C15H22N2O.ClH/c1-17(10-9-12-7-8-12)15(18)14(11-16)13-5-3-2-4-6-13;/h2-6,12,14H,7-11,16H2,1H3;1H. The van der Waals surface area contributed by atoms with E-state index in [0.29, 0.717) is 6.54 Å². The van der Waals surface area contributed by atoms with Crippen molar-refractivity contribution < 1.29 is 4.79 Å². The fraction of sp³-hybridized carbons (Fsp3) is 0.533. The van der Waals surface area contributed by atoms with E-state index < -0.39 is 0 Å². The molecular weight excluding hydrogens is 260 g/mol. The molecule has 1 unspecified atom stereocenters. The Kier molecular flexibility index (Phi) is 6.32. The van der Waals surface area contributed by atoms with E-state index in [-0.39, 0.29) is 24.2 Å². The molecule has 19 heavy (non-hydrogen) atoms. The Morgan fingerprint density at radius 2 is 2.00 bits per heavy atom. The molecule has 0 aromatic heterocycles. The van der Waals surface area contributed by atoms with E-state index >= 15 is 0 Å². The quantitative estimate of drug-likeness (QED) is 0.871. The van der Waals surface area contributed by atoms with Gasteiger partial charge in [0.15, 0.2) is 0 Å². The van der Waals surface area contributed by atoms with Gasteiger partial charge in [-0.1, -0.05) is 43.2 Å². The molecule has 1 aromatic rings. The second-order valence-corrected chi connectivity index (χ2v) is 5.19. The largest absolute Gasteiger partial charge is 0.345 e. The number of halogens is 1. The predicted molar refractivity (Wildman–Crippen MR) is 80.5 cm³/mol. The summed E-state index contributed by atoms with van der Waals surface area (Å²) in [4.78, 5) is 14.2. The van der Waals surface area contributed by atoms with E-state index in [9.17, 15) is 4.79 Å². The second-order valence-electron chi connectivity index (χ2n) is 5.19. The van der Waals surface area contributed by atoms with Gasteiger partial charge in [-0.25, -0.2) is 0 Å². The van der Waals surface area contributed by atoms with Crippen LogP contribution in [0, 0.1) is 5.92 Å². The normalized spacial score (nSPS) is 15.5. The zero-order valence-electron chi connectivity index (χ0n) is 11.4. The zero-order valence-corrected chi connectivity index (χ0v) is 12.2. The highest BCUT2D eigenvalue weighted by atomic mass is 35.5. The first kappa shape index (κ1) is 16.0. The molecule has 0 saturated heterocycles. The van der Waals surface area contributed by atoms with Gasteiger partial charge in [-0.15, -0.1) is 12.4 Å². The van der Waals surface area contributed by atoms with Crippen molar-refractivity contribution in [2.75, 3.05) is 20.1 Å². The number of hydrogen-bond donors (Lipinski definition) is 1. The summed E-state index contributed by atoms with van der Waals surface area (Å²) >= 11 is 0. The summed E-state index contributed by atoms with van der Waals surface area (Å²) in [6.45, 7) is 1.23. The van der Waals surface area contributed by atoms with Crippen LogP contribution in [0.2, 0.25) is 0 Å². The van der Waals surface area contributed by atoms with Crippen LogP contribution in [0.3, 0.4) is 0 Å². The van der Waals surface area contributed by atoms with Gasteiger partial charge >= 0.3 is 0 Å². The molecule has 0 heterocycles. The van der Waals surface area contributed by atoms with E-state index in [2.05, 4.69) is 0 Å². The lowest BCUT2D eigenvalue weighted by molar-refractivity contribution is -0.131. The molecule has 1 atom stereocenters. The molecule has 0 aliphatic heterocycles. The van der Waals surface area contributed by atoms with Crippen LogP contribution < -0.4 is 5.73 Å². The van der Waals surface area contributed by atoms with Crippen molar-refractivity contribution in [2.45, 2.75) is 25.2 Å². The number of nitrogens with zero attached hydrogens (tertiary/aromatic N) is 1. The summed E-state index contributed by atoms with van der Waals surface area (Å²) in [7, 11) is 1.89. The predicted octanol–water partition coefficient (Wildman–Crippen LogP) is 2.41. The maximum Gasteiger partial charge on any atom is 0.231 e. The molecule has 0 spiro atoms. The highest BCUT2D eigenvalue weighted by Crippen LogP contribution is 2.32. The molecule has 1 aliphatic rings. The van der Waals surface area contributed by atoms with E-state index in [1.54, 1.807) is 0 Å². The minimum Gasteiger partial charge on any atom is -0.345 e. The Balaban J connectivity index is 0.00000180.